The molecular formula is C13H19N3O3. The maximum absolute atomic E-state index is 12.0. The van der Waals surface area contributed by atoms with Gasteiger partial charge in [0.2, 0.25) is 0 Å². The highest BCUT2D eigenvalue weighted by atomic mass is 16.4. The van der Waals surface area contributed by atoms with Crippen LogP contribution in [0.4, 0.5) is 4.79 Å². The van der Waals surface area contributed by atoms with Gasteiger partial charge in [0.25, 0.3) is 0 Å². The molecule has 104 valence electrons. The predicted molar refractivity (Wildman–Crippen MR) is 70.6 cm³/mol. The van der Waals surface area contributed by atoms with Gasteiger partial charge in [-0.1, -0.05) is 6.07 Å². The van der Waals surface area contributed by atoms with Crippen molar-refractivity contribution in [1.82, 2.24) is 15.2 Å². The highest BCUT2D eigenvalue weighted by molar-refractivity contribution is 5.75. The van der Waals surface area contributed by atoms with Gasteiger partial charge < -0.3 is 15.3 Å². The van der Waals surface area contributed by atoms with Crippen LogP contribution in [0.15, 0.2) is 24.4 Å². The Kier molecular flexibility index (Phi) is 5.78. The zero-order chi connectivity index (χ0) is 14.3. The monoisotopic (exact) mass is 265 g/mol. The van der Waals surface area contributed by atoms with E-state index >= 15 is 0 Å². The molecule has 0 atom stereocenters. The van der Waals surface area contributed by atoms with Gasteiger partial charge in [-0.25, -0.2) is 4.79 Å². The largest absolute Gasteiger partial charge is 0.481 e. The molecule has 0 saturated heterocycles. The summed E-state index contributed by atoms with van der Waals surface area (Å²) in [7, 11) is 0. The Morgan fingerprint density at radius 1 is 1.42 bits per heavy atom. The topological polar surface area (TPSA) is 82.5 Å². The van der Waals surface area contributed by atoms with Crippen LogP contribution in [0.2, 0.25) is 0 Å². The Morgan fingerprint density at radius 2 is 2.16 bits per heavy atom. The molecule has 1 aromatic rings. The summed E-state index contributed by atoms with van der Waals surface area (Å²) in [6, 6.07) is 5.14. The van der Waals surface area contributed by atoms with Crippen molar-refractivity contribution in [3.8, 4) is 0 Å². The standard InChI is InChI=1S/C13H19N3O3/c1-10(2)16(8-6-12(17)18)13(19)15-9-11-5-3-4-7-14-11/h3-5,7,10H,6,8-9H2,1-2H3,(H,15,19)(H,17,18). The average Bonchev–Trinajstić information content (AvgIpc) is 2.37. The van der Waals surface area contributed by atoms with Crippen molar-refractivity contribution in [2.45, 2.75) is 32.9 Å². The molecule has 19 heavy (non-hydrogen) atoms. The van der Waals surface area contributed by atoms with Crippen molar-refractivity contribution in [3.63, 3.8) is 0 Å². The first-order valence-corrected chi connectivity index (χ1v) is 6.17. The number of carbonyl (C=O) groups excluding carboxylic acids is 1. The minimum absolute atomic E-state index is 0.0527. The molecule has 0 aliphatic carbocycles. The van der Waals surface area contributed by atoms with Gasteiger partial charge in [-0.15, -0.1) is 0 Å². The first-order chi connectivity index (χ1) is 9.00. The Hall–Kier alpha value is -2.11. The minimum atomic E-state index is -0.914. The van der Waals surface area contributed by atoms with Crippen LogP contribution in [-0.4, -0.2) is 39.6 Å². The van der Waals surface area contributed by atoms with E-state index in [-0.39, 0.29) is 25.0 Å². The summed E-state index contributed by atoms with van der Waals surface area (Å²) in [4.78, 5) is 28.1. The van der Waals surface area contributed by atoms with Gasteiger partial charge >= 0.3 is 12.0 Å². The number of amides is 2. The number of urea groups is 1. The zero-order valence-electron chi connectivity index (χ0n) is 11.2. The van der Waals surface area contributed by atoms with Crippen molar-refractivity contribution >= 4 is 12.0 Å². The van der Waals surface area contributed by atoms with Crippen LogP contribution in [0, 0.1) is 0 Å². The van der Waals surface area contributed by atoms with Crippen LogP contribution >= 0.6 is 0 Å². The first kappa shape index (κ1) is 14.9. The Balaban J connectivity index is 2.50. The number of aromatic nitrogens is 1. The molecule has 6 nitrogen and oxygen atoms in total. The highest BCUT2D eigenvalue weighted by Gasteiger charge is 2.17. The first-order valence-electron chi connectivity index (χ1n) is 6.17. The molecule has 2 amide bonds. The lowest BCUT2D eigenvalue weighted by molar-refractivity contribution is -0.137. The van der Waals surface area contributed by atoms with Gasteiger partial charge in [0, 0.05) is 18.8 Å². The summed E-state index contributed by atoms with van der Waals surface area (Å²) in [6.45, 7) is 4.22. The van der Waals surface area contributed by atoms with E-state index in [2.05, 4.69) is 10.3 Å². The molecule has 1 heterocycles. The second-order valence-electron chi connectivity index (χ2n) is 4.41. The lowest BCUT2D eigenvalue weighted by Gasteiger charge is -2.26. The molecule has 2 N–H and O–H groups in total. The maximum atomic E-state index is 12.0. The van der Waals surface area contributed by atoms with Gasteiger partial charge in [-0.3, -0.25) is 9.78 Å². The zero-order valence-corrected chi connectivity index (χ0v) is 11.2. The van der Waals surface area contributed by atoms with Crippen molar-refractivity contribution in [2.24, 2.45) is 0 Å². The third kappa shape index (κ3) is 5.37. The second-order valence-corrected chi connectivity index (χ2v) is 4.41. The molecule has 1 aromatic heterocycles. The van der Waals surface area contributed by atoms with E-state index in [4.69, 9.17) is 5.11 Å². The van der Waals surface area contributed by atoms with Crippen LogP contribution < -0.4 is 5.32 Å². The average molecular weight is 265 g/mol. The Morgan fingerprint density at radius 3 is 2.68 bits per heavy atom. The van der Waals surface area contributed by atoms with Crippen molar-refractivity contribution in [2.75, 3.05) is 6.54 Å². The van der Waals surface area contributed by atoms with E-state index in [1.54, 1.807) is 12.3 Å². The van der Waals surface area contributed by atoms with E-state index in [1.165, 1.54) is 4.90 Å². The van der Waals surface area contributed by atoms with Crippen molar-refractivity contribution in [1.29, 1.82) is 0 Å². The van der Waals surface area contributed by atoms with Gasteiger partial charge in [0.05, 0.1) is 18.7 Å². The van der Waals surface area contributed by atoms with Crippen LogP contribution in [-0.2, 0) is 11.3 Å². The lowest BCUT2D eigenvalue weighted by atomic mass is 10.3. The molecule has 0 bridgehead atoms. The van der Waals surface area contributed by atoms with Crippen LogP contribution in [0.25, 0.3) is 0 Å². The van der Waals surface area contributed by atoms with Crippen molar-refractivity contribution in [3.05, 3.63) is 30.1 Å². The number of carboxylic acids is 1. The molecule has 0 fully saturated rings. The van der Waals surface area contributed by atoms with E-state index in [9.17, 15) is 9.59 Å². The van der Waals surface area contributed by atoms with Gasteiger partial charge in [0.1, 0.15) is 0 Å². The van der Waals surface area contributed by atoms with Gasteiger partial charge in [-0.05, 0) is 26.0 Å². The molecule has 1 rings (SSSR count). The van der Waals surface area contributed by atoms with E-state index in [0.717, 1.165) is 5.69 Å². The Labute approximate surface area is 112 Å². The molecule has 0 aromatic carbocycles. The Bertz CT molecular complexity index is 420. The fourth-order valence-electron chi connectivity index (χ4n) is 1.58. The third-order valence-electron chi connectivity index (χ3n) is 2.60. The number of aliphatic carboxylic acids is 1. The molecule has 0 saturated carbocycles. The fraction of sp³-hybridized carbons (Fsp3) is 0.462. The molecule has 6 heteroatoms. The second kappa shape index (κ2) is 7.35. The van der Waals surface area contributed by atoms with E-state index < -0.39 is 5.97 Å². The van der Waals surface area contributed by atoms with E-state index in [0.29, 0.717) is 6.54 Å². The van der Waals surface area contributed by atoms with Crippen LogP contribution in [0.3, 0.4) is 0 Å². The normalized spacial score (nSPS) is 10.3. The molecule has 0 spiro atoms. The summed E-state index contributed by atoms with van der Waals surface area (Å²) in [5.41, 5.74) is 0.762. The fourth-order valence-corrected chi connectivity index (χ4v) is 1.58. The predicted octanol–water partition coefficient (Wildman–Crippen LogP) is 1.48. The maximum Gasteiger partial charge on any atom is 0.317 e. The number of carboxylic acid groups (broad SMARTS) is 1. The molecule has 0 aliphatic rings. The molecule has 0 unspecified atom stereocenters. The number of hydrogen-bond donors (Lipinski definition) is 2. The minimum Gasteiger partial charge on any atom is -0.481 e. The summed E-state index contributed by atoms with van der Waals surface area (Å²) in [6.07, 6.45) is 1.60. The highest BCUT2D eigenvalue weighted by Crippen LogP contribution is 2.02. The SMILES string of the molecule is CC(C)N(CCC(=O)O)C(=O)NCc1ccccn1. The number of pyridine rings is 1. The number of carbonyl (C=O) groups is 2. The van der Waals surface area contributed by atoms with Crippen LogP contribution in [0.5, 0.6) is 0 Å². The quantitative estimate of drug-likeness (QED) is 0.816. The summed E-state index contributed by atoms with van der Waals surface area (Å²) in [5, 5.41) is 11.4. The number of hydrogen-bond acceptors (Lipinski definition) is 3. The smallest absolute Gasteiger partial charge is 0.317 e. The lowest BCUT2D eigenvalue weighted by Crippen LogP contribution is -2.44. The third-order valence-corrected chi connectivity index (χ3v) is 2.60. The molecule has 0 aliphatic heterocycles. The number of nitrogens with zero attached hydrogens (tertiary/aromatic N) is 2. The number of nitrogens with one attached hydrogen (secondary N) is 1. The number of rotatable bonds is 6. The van der Waals surface area contributed by atoms with Gasteiger partial charge in [0.15, 0.2) is 0 Å². The summed E-state index contributed by atoms with van der Waals surface area (Å²) in [5.74, 6) is -0.914. The summed E-state index contributed by atoms with van der Waals surface area (Å²) >= 11 is 0. The van der Waals surface area contributed by atoms with Crippen LogP contribution in [0.1, 0.15) is 26.0 Å². The van der Waals surface area contributed by atoms with Crippen molar-refractivity contribution < 1.29 is 14.7 Å². The van der Waals surface area contributed by atoms with Gasteiger partial charge in [-0.2, -0.15) is 0 Å². The van der Waals surface area contributed by atoms with E-state index in [1.807, 2.05) is 26.0 Å². The summed E-state index contributed by atoms with van der Waals surface area (Å²) < 4.78 is 0. The molecule has 0 radical (unpaired) electrons. The molecular weight excluding hydrogens is 246 g/mol.